The summed E-state index contributed by atoms with van der Waals surface area (Å²) in [7, 11) is 1.72. The van der Waals surface area contributed by atoms with Gasteiger partial charge in [-0.3, -0.25) is 0 Å². The van der Waals surface area contributed by atoms with Gasteiger partial charge < -0.3 is 19.4 Å². The fourth-order valence-corrected chi connectivity index (χ4v) is 2.32. The van der Waals surface area contributed by atoms with Gasteiger partial charge in [-0.15, -0.1) is 0 Å². The predicted octanol–water partition coefficient (Wildman–Crippen LogP) is 2.41. The summed E-state index contributed by atoms with van der Waals surface area (Å²) in [4.78, 5) is 11.5. The number of ether oxygens (including phenoxy) is 1. The number of hydrogen-bond acceptors (Lipinski definition) is 5. The van der Waals surface area contributed by atoms with Crippen LogP contribution in [0.15, 0.2) is 18.6 Å². The molecule has 2 rings (SSSR count). The summed E-state index contributed by atoms with van der Waals surface area (Å²) in [6, 6.07) is 0.380. The molecule has 0 aliphatic carbocycles. The first-order valence-electron chi connectivity index (χ1n) is 7.54. The van der Waals surface area contributed by atoms with E-state index in [9.17, 15) is 0 Å². The molecule has 2 heterocycles. The third kappa shape index (κ3) is 3.44. The second kappa shape index (κ2) is 7.26. The Bertz CT molecular complexity index is 568. The Balaban J connectivity index is 2.45. The maximum atomic E-state index is 5.25. The first kappa shape index (κ1) is 15.6. The van der Waals surface area contributed by atoms with E-state index in [4.69, 9.17) is 9.72 Å². The van der Waals surface area contributed by atoms with Crippen LogP contribution >= 0.6 is 0 Å². The molecule has 0 bridgehead atoms. The highest BCUT2D eigenvalue weighted by Crippen LogP contribution is 2.23. The quantitative estimate of drug-likeness (QED) is 0.809. The number of hydrogen-bond donors (Lipinski definition) is 1. The Morgan fingerprint density at radius 2 is 2.24 bits per heavy atom. The third-order valence-corrected chi connectivity index (χ3v) is 3.65. The van der Waals surface area contributed by atoms with Gasteiger partial charge in [-0.2, -0.15) is 0 Å². The average molecular weight is 291 g/mol. The lowest BCUT2D eigenvalue weighted by Crippen LogP contribution is -2.36. The van der Waals surface area contributed by atoms with Crippen molar-refractivity contribution in [3.8, 4) is 0 Å². The number of anilines is 2. The van der Waals surface area contributed by atoms with Crippen LogP contribution in [0.25, 0.3) is 5.65 Å². The van der Waals surface area contributed by atoms with Crippen LogP contribution in [0, 0.1) is 0 Å². The van der Waals surface area contributed by atoms with Crippen LogP contribution in [0.1, 0.15) is 27.2 Å². The third-order valence-electron chi connectivity index (χ3n) is 3.65. The highest BCUT2D eigenvalue weighted by molar-refractivity contribution is 5.67. The van der Waals surface area contributed by atoms with Crippen LogP contribution in [0.2, 0.25) is 0 Å². The van der Waals surface area contributed by atoms with E-state index in [-0.39, 0.29) is 0 Å². The van der Waals surface area contributed by atoms with Crippen molar-refractivity contribution in [2.24, 2.45) is 0 Å². The average Bonchev–Trinajstić information content (AvgIpc) is 2.95. The summed E-state index contributed by atoms with van der Waals surface area (Å²) in [6.45, 7) is 8.77. The van der Waals surface area contributed by atoms with Gasteiger partial charge in [0.05, 0.1) is 12.8 Å². The highest BCUT2D eigenvalue weighted by atomic mass is 16.5. The molecule has 0 aliphatic heterocycles. The number of imidazole rings is 1. The van der Waals surface area contributed by atoms with Crippen LogP contribution in [0.3, 0.4) is 0 Å². The van der Waals surface area contributed by atoms with Crippen LogP contribution in [0.5, 0.6) is 0 Å². The lowest BCUT2D eigenvalue weighted by molar-refractivity contribution is 0.203. The van der Waals surface area contributed by atoms with Crippen molar-refractivity contribution in [3.63, 3.8) is 0 Å². The molecule has 0 spiro atoms. The maximum absolute atomic E-state index is 5.25. The van der Waals surface area contributed by atoms with Crippen molar-refractivity contribution in [1.29, 1.82) is 0 Å². The van der Waals surface area contributed by atoms with Crippen molar-refractivity contribution in [2.45, 2.75) is 33.2 Å². The number of fused-ring (bicyclic) bond motifs is 1. The standard InChI is InChI=1S/C15H25N5O/c1-5-12(3)20(9-10-21-4)15-14-17-7-8-19(14)11-13(18-15)16-6-2/h7-8,11-12,16H,5-6,9-10H2,1-4H3. The molecule has 6 nitrogen and oxygen atoms in total. The Morgan fingerprint density at radius 1 is 1.43 bits per heavy atom. The lowest BCUT2D eigenvalue weighted by atomic mass is 10.2. The molecular weight excluding hydrogens is 266 g/mol. The normalized spacial score (nSPS) is 12.6. The molecule has 1 N–H and O–H groups in total. The van der Waals surface area contributed by atoms with E-state index in [1.165, 1.54) is 0 Å². The Labute approximate surface area is 126 Å². The van der Waals surface area contributed by atoms with Gasteiger partial charge in [0.1, 0.15) is 5.82 Å². The van der Waals surface area contributed by atoms with E-state index in [0.717, 1.165) is 36.8 Å². The summed E-state index contributed by atoms with van der Waals surface area (Å²) < 4.78 is 7.26. The number of methoxy groups -OCH3 is 1. The maximum Gasteiger partial charge on any atom is 0.180 e. The summed E-state index contributed by atoms with van der Waals surface area (Å²) in [6.07, 6.45) is 6.78. The molecule has 116 valence electrons. The molecule has 0 amide bonds. The molecule has 0 saturated carbocycles. The highest BCUT2D eigenvalue weighted by Gasteiger charge is 2.19. The van der Waals surface area contributed by atoms with E-state index in [1.54, 1.807) is 13.3 Å². The van der Waals surface area contributed by atoms with Crippen molar-refractivity contribution in [1.82, 2.24) is 14.4 Å². The van der Waals surface area contributed by atoms with Gasteiger partial charge in [-0.05, 0) is 20.3 Å². The first-order chi connectivity index (χ1) is 10.2. The molecule has 6 heteroatoms. The van der Waals surface area contributed by atoms with Crippen molar-refractivity contribution < 1.29 is 4.74 Å². The van der Waals surface area contributed by atoms with Crippen molar-refractivity contribution in [2.75, 3.05) is 37.0 Å². The largest absolute Gasteiger partial charge is 0.383 e. The van der Waals surface area contributed by atoms with E-state index < -0.39 is 0 Å². The molecule has 21 heavy (non-hydrogen) atoms. The van der Waals surface area contributed by atoms with E-state index >= 15 is 0 Å². The summed E-state index contributed by atoms with van der Waals surface area (Å²) >= 11 is 0. The Morgan fingerprint density at radius 3 is 2.90 bits per heavy atom. The minimum Gasteiger partial charge on any atom is -0.383 e. The fourth-order valence-electron chi connectivity index (χ4n) is 2.32. The number of nitrogens with zero attached hydrogens (tertiary/aromatic N) is 4. The molecule has 2 aromatic rings. The van der Waals surface area contributed by atoms with Crippen LogP contribution in [-0.4, -0.2) is 47.2 Å². The Kier molecular flexibility index (Phi) is 5.38. The second-order valence-electron chi connectivity index (χ2n) is 5.08. The molecule has 0 saturated heterocycles. The van der Waals surface area contributed by atoms with E-state index in [0.29, 0.717) is 12.6 Å². The molecule has 0 radical (unpaired) electrons. The summed E-state index contributed by atoms with van der Waals surface area (Å²) in [5, 5.41) is 3.28. The smallest absolute Gasteiger partial charge is 0.180 e. The first-order valence-corrected chi connectivity index (χ1v) is 7.54. The summed E-state index contributed by atoms with van der Waals surface area (Å²) in [5.74, 6) is 1.77. The Hall–Kier alpha value is -1.82. The van der Waals surface area contributed by atoms with Gasteiger partial charge in [0.2, 0.25) is 0 Å². The van der Waals surface area contributed by atoms with Gasteiger partial charge >= 0.3 is 0 Å². The molecule has 1 atom stereocenters. The molecule has 0 aromatic carbocycles. The zero-order chi connectivity index (χ0) is 15.2. The monoisotopic (exact) mass is 291 g/mol. The predicted molar refractivity (Wildman–Crippen MR) is 86.1 cm³/mol. The zero-order valence-corrected chi connectivity index (χ0v) is 13.3. The van der Waals surface area contributed by atoms with Gasteiger partial charge in [0.15, 0.2) is 11.5 Å². The molecule has 2 aromatic heterocycles. The number of nitrogens with one attached hydrogen (secondary N) is 1. The minimum atomic E-state index is 0.380. The fraction of sp³-hybridized carbons (Fsp3) is 0.600. The summed E-state index contributed by atoms with van der Waals surface area (Å²) in [5.41, 5.74) is 0.882. The van der Waals surface area contributed by atoms with E-state index in [1.807, 2.05) is 16.8 Å². The second-order valence-corrected chi connectivity index (χ2v) is 5.08. The number of rotatable bonds is 8. The zero-order valence-electron chi connectivity index (χ0n) is 13.3. The topological polar surface area (TPSA) is 54.7 Å². The molecule has 0 aliphatic rings. The van der Waals surface area contributed by atoms with E-state index in [2.05, 4.69) is 36.0 Å². The number of aromatic nitrogens is 3. The minimum absolute atomic E-state index is 0.380. The molecular formula is C15H25N5O. The van der Waals surface area contributed by atoms with Crippen molar-refractivity contribution in [3.05, 3.63) is 18.6 Å². The van der Waals surface area contributed by atoms with Crippen LogP contribution in [-0.2, 0) is 4.74 Å². The van der Waals surface area contributed by atoms with Gasteiger partial charge in [-0.25, -0.2) is 9.97 Å². The SMILES string of the molecule is CCNc1cn2ccnc2c(N(CCOC)C(C)CC)n1. The lowest BCUT2D eigenvalue weighted by Gasteiger charge is -2.30. The van der Waals surface area contributed by atoms with Gasteiger partial charge in [0.25, 0.3) is 0 Å². The van der Waals surface area contributed by atoms with Gasteiger partial charge in [0, 0.05) is 38.6 Å². The van der Waals surface area contributed by atoms with Crippen LogP contribution in [0.4, 0.5) is 11.6 Å². The van der Waals surface area contributed by atoms with Crippen molar-refractivity contribution >= 4 is 17.3 Å². The van der Waals surface area contributed by atoms with Gasteiger partial charge in [-0.1, -0.05) is 6.92 Å². The molecule has 0 fully saturated rings. The van der Waals surface area contributed by atoms with Crippen LogP contribution < -0.4 is 10.2 Å². The molecule has 1 unspecified atom stereocenters.